The number of para-hydroxylation sites is 1. The van der Waals surface area contributed by atoms with Gasteiger partial charge in [-0.25, -0.2) is 4.79 Å². The number of hydrogen-bond acceptors (Lipinski definition) is 9. The summed E-state index contributed by atoms with van der Waals surface area (Å²) in [6, 6.07) is 7.72. The van der Waals surface area contributed by atoms with E-state index in [1.165, 1.54) is 23.8 Å². The van der Waals surface area contributed by atoms with Crippen LogP contribution in [0.4, 0.5) is 5.00 Å². The van der Waals surface area contributed by atoms with Crippen molar-refractivity contribution in [3.8, 4) is 5.75 Å². The highest BCUT2D eigenvalue weighted by molar-refractivity contribution is 7.99. The van der Waals surface area contributed by atoms with Gasteiger partial charge in [-0.1, -0.05) is 30.0 Å². The van der Waals surface area contributed by atoms with Crippen LogP contribution in [0.15, 0.2) is 29.4 Å². The molecule has 0 fully saturated rings. The van der Waals surface area contributed by atoms with Crippen molar-refractivity contribution in [3.63, 3.8) is 0 Å². The Morgan fingerprint density at radius 3 is 2.53 bits per heavy atom. The van der Waals surface area contributed by atoms with E-state index in [4.69, 9.17) is 9.47 Å². The lowest BCUT2D eigenvalue weighted by Crippen LogP contribution is -2.21. The molecule has 0 saturated heterocycles. The molecule has 2 aromatic heterocycles. The number of methoxy groups -OCH3 is 1. The topological polar surface area (TPSA) is 116 Å². The second kappa shape index (κ2) is 11.6. The molecule has 36 heavy (non-hydrogen) atoms. The molecule has 1 aromatic carbocycles. The van der Waals surface area contributed by atoms with Gasteiger partial charge in [0.25, 0.3) is 5.91 Å². The van der Waals surface area contributed by atoms with Crippen LogP contribution in [0.5, 0.6) is 5.75 Å². The van der Waals surface area contributed by atoms with E-state index in [-0.39, 0.29) is 34.2 Å². The number of anilines is 1. The fraction of sp³-hybridized carbons (Fsp3) is 0.375. The summed E-state index contributed by atoms with van der Waals surface area (Å²) in [5, 5.41) is 12.0. The lowest BCUT2D eigenvalue weighted by atomic mass is 10.1. The van der Waals surface area contributed by atoms with E-state index in [0.717, 1.165) is 22.6 Å². The number of nitrogens with zero attached hydrogens (tertiary/aromatic N) is 4. The number of benzene rings is 1. The first-order chi connectivity index (χ1) is 17.0. The standard InChI is InChI=1S/C24H29N5O5S2/c1-13-10-8-9-11-16(13)34-15(3)20-26-27-24(29(20)6)35-12-17(30)25-21-18(23(32)33-7)14(2)19(36-21)22(31)28(4)5/h8-11,15H,12H2,1-7H3,(H,25,30). The third-order valence-electron chi connectivity index (χ3n) is 5.35. The fourth-order valence-electron chi connectivity index (χ4n) is 3.39. The maximum absolute atomic E-state index is 12.7. The maximum atomic E-state index is 12.7. The van der Waals surface area contributed by atoms with E-state index < -0.39 is 5.97 Å². The average Bonchev–Trinajstić information content (AvgIpc) is 3.37. The SMILES string of the molecule is COC(=O)c1c(NC(=O)CSc2nnc(C(C)Oc3ccccc3C)n2C)sc(C(=O)N(C)C)c1C. The molecule has 0 aliphatic rings. The molecule has 0 aliphatic heterocycles. The minimum absolute atomic E-state index is 0.0214. The number of rotatable bonds is 9. The molecule has 0 radical (unpaired) electrons. The molecule has 1 atom stereocenters. The van der Waals surface area contributed by atoms with Crippen molar-refractivity contribution in [2.45, 2.75) is 32.0 Å². The van der Waals surface area contributed by atoms with Crippen LogP contribution in [0.3, 0.4) is 0 Å². The van der Waals surface area contributed by atoms with E-state index in [0.29, 0.717) is 21.4 Å². The first-order valence-electron chi connectivity index (χ1n) is 11.0. The minimum atomic E-state index is -0.620. The van der Waals surface area contributed by atoms with Crippen LogP contribution in [0.1, 0.15) is 50.0 Å². The van der Waals surface area contributed by atoms with Gasteiger partial charge in [0, 0.05) is 21.1 Å². The Morgan fingerprint density at radius 2 is 1.89 bits per heavy atom. The van der Waals surface area contributed by atoms with Crippen molar-refractivity contribution in [3.05, 3.63) is 51.7 Å². The van der Waals surface area contributed by atoms with E-state index in [1.54, 1.807) is 25.6 Å². The number of aryl methyl sites for hydroxylation is 1. The Kier molecular flexibility index (Phi) is 8.75. The first-order valence-corrected chi connectivity index (χ1v) is 12.8. The molecule has 2 heterocycles. The monoisotopic (exact) mass is 531 g/mol. The Labute approximate surface area is 218 Å². The first kappa shape index (κ1) is 27.2. The lowest BCUT2D eigenvalue weighted by Gasteiger charge is -2.15. The smallest absolute Gasteiger partial charge is 0.341 e. The van der Waals surface area contributed by atoms with Crippen LogP contribution in [-0.4, -0.2) is 64.4 Å². The van der Waals surface area contributed by atoms with Gasteiger partial charge in [0.1, 0.15) is 10.8 Å². The fourth-order valence-corrected chi connectivity index (χ4v) is 5.34. The van der Waals surface area contributed by atoms with Crippen LogP contribution in [0.2, 0.25) is 0 Å². The van der Waals surface area contributed by atoms with E-state index in [9.17, 15) is 14.4 Å². The molecule has 2 amide bonds. The Bertz CT molecular complexity index is 1280. The lowest BCUT2D eigenvalue weighted by molar-refractivity contribution is -0.113. The predicted octanol–water partition coefficient (Wildman–Crippen LogP) is 3.85. The van der Waals surface area contributed by atoms with Crippen LogP contribution < -0.4 is 10.1 Å². The predicted molar refractivity (Wildman–Crippen MR) is 139 cm³/mol. The summed E-state index contributed by atoms with van der Waals surface area (Å²) in [7, 11) is 6.31. The van der Waals surface area contributed by atoms with Crippen LogP contribution in [-0.2, 0) is 16.6 Å². The summed E-state index contributed by atoms with van der Waals surface area (Å²) in [5.41, 5.74) is 1.66. The van der Waals surface area contributed by atoms with Crippen molar-refractivity contribution in [1.29, 1.82) is 0 Å². The second-order valence-corrected chi connectivity index (χ2v) is 10.2. The molecular formula is C24H29N5O5S2. The highest BCUT2D eigenvalue weighted by Crippen LogP contribution is 2.34. The summed E-state index contributed by atoms with van der Waals surface area (Å²) >= 11 is 2.25. The molecule has 0 aliphatic carbocycles. The molecule has 10 nitrogen and oxygen atoms in total. The largest absolute Gasteiger partial charge is 0.482 e. The normalized spacial score (nSPS) is 11.6. The van der Waals surface area contributed by atoms with Gasteiger partial charge in [-0.3, -0.25) is 9.59 Å². The Balaban J connectivity index is 1.70. The van der Waals surface area contributed by atoms with Gasteiger partial charge in [0.05, 0.1) is 23.3 Å². The average molecular weight is 532 g/mol. The number of thiophene rings is 1. The van der Waals surface area contributed by atoms with Gasteiger partial charge < -0.3 is 24.3 Å². The number of carbonyl (C=O) groups excluding carboxylic acids is 3. The summed E-state index contributed by atoms with van der Waals surface area (Å²) in [6.07, 6.45) is -0.351. The third kappa shape index (κ3) is 5.88. The molecule has 0 saturated carbocycles. The van der Waals surface area contributed by atoms with Gasteiger partial charge in [0.15, 0.2) is 17.1 Å². The number of hydrogen-bond donors (Lipinski definition) is 1. The third-order valence-corrected chi connectivity index (χ3v) is 7.57. The molecule has 1 N–H and O–H groups in total. The molecule has 12 heteroatoms. The van der Waals surface area contributed by atoms with Gasteiger partial charge >= 0.3 is 5.97 Å². The number of ether oxygens (including phenoxy) is 2. The number of esters is 1. The zero-order valence-corrected chi connectivity index (χ0v) is 22.9. The Hall–Kier alpha value is -3.38. The van der Waals surface area contributed by atoms with E-state index in [2.05, 4.69) is 15.5 Å². The highest BCUT2D eigenvalue weighted by Gasteiger charge is 2.27. The van der Waals surface area contributed by atoms with Crippen molar-refractivity contribution >= 4 is 45.9 Å². The molecule has 1 unspecified atom stereocenters. The van der Waals surface area contributed by atoms with Crippen LogP contribution in [0.25, 0.3) is 0 Å². The number of thioether (sulfide) groups is 1. The van der Waals surface area contributed by atoms with Crippen molar-refractivity contribution in [2.75, 3.05) is 32.3 Å². The van der Waals surface area contributed by atoms with Gasteiger partial charge in [-0.05, 0) is 38.0 Å². The van der Waals surface area contributed by atoms with Crippen LogP contribution in [0, 0.1) is 13.8 Å². The summed E-state index contributed by atoms with van der Waals surface area (Å²) in [5.74, 6) is 0.171. The zero-order valence-electron chi connectivity index (χ0n) is 21.2. The maximum Gasteiger partial charge on any atom is 0.341 e. The molecular weight excluding hydrogens is 502 g/mol. The number of amides is 2. The van der Waals surface area contributed by atoms with Crippen molar-refractivity contribution < 1.29 is 23.9 Å². The van der Waals surface area contributed by atoms with Crippen molar-refractivity contribution in [2.24, 2.45) is 7.05 Å². The molecule has 0 spiro atoms. The molecule has 3 rings (SSSR count). The van der Waals surface area contributed by atoms with Gasteiger partial charge in [-0.15, -0.1) is 21.5 Å². The highest BCUT2D eigenvalue weighted by atomic mass is 32.2. The number of aromatic nitrogens is 3. The summed E-state index contributed by atoms with van der Waals surface area (Å²) in [4.78, 5) is 39.4. The molecule has 0 bridgehead atoms. The van der Waals surface area contributed by atoms with Gasteiger partial charge in [-0.2, -0.15) is 0 Å². The van der Waals surface area contributed by atoms with E-state index in [1.807, 2.05) is 45.2 Å². The molecule has 3 aromatic rings. The Morgan fingerprint density at radius 1 is 1.19 bits per heavy atom. The van der Waals surface area contributed by atoms with Crippen molar-refractivity contribution in [1.82, 2.24) is 19.7 Å². The van der Waals surface area contributed by atoms with Gasteiger partial charge in [0.2, 0.25) is 5.91 Å². The summed E-state index contributed by atoms with van der Waals surface area (Å²) < 4.78 is 12.7. The van der Waals surface area contributed by atoms with Crippen LogP contribution >= 0.6 is 23.1 Å². The second-order valence-electron chi connectivity index (χ2n) is 8.21. The molecule has 192 valence electrons. The minimum Gasteiger partial charge on any atom is -0.482 e. The zero-order chi connectivity index (χ0) is 26.6. The number of carbonyl (C=O) groups is 3. The number of nitrogens with one attached hydrogen (secondary N) is 1. The quantitative estimate of drug-likeness (QED) is 0.327. The summed E-state index contributed by atoms with van der Waals surface area (Å²) in [6.45, 7) is 5.52. The van der Waals surface area contributed by atoms with E-state index >= 15 is 0 Å².